The minimum atomic E-state index is 0.0810. The second-order valence-electron chi connectivity index (χ2n) is 4.91. The van der Waals surface area contributed by atoms with E-state index >= 15 is 0 Å². The highest BCUT2D eigenvalue weighted by Crippen LogP contribution is 2.22. The quantitative estimate of drug-likeness (QED) is 0.860. The van der Waals surface area contributed by atoms with E-state index in [4.69, 9.17) is 4.74 Å². The zero-order valence-corrected chi connectivity index (χ0v) is 13.7. The number of aromatic nitrogens is 2. The zero-order valence-electron chi connectivity index (χ0n) is 13.7. The number of likely N-dealkylation sites (N-methyl/N-ethyl adjacent to an activating group) is 1. The number of rotatable bonds is 5. The number of carbonyl (C=O) groups excluding carboxylic acids is 1. The van der Waals surface area contributed by atoms with Crippen LogP contribution in [0.5, 0.6) is 5.75 Å². The molecule has 0 spiro atoms. The maximum Gasteiger partial charge on any atom is 0.179 e. The third-order valence-electron chi connectivity index (χ3n) is 3.32. The zero-order chi connectivity index (χ0) is 16.0. The molecule has 2 aromatic rings. The smallest absolute Gasteiger partial charge is 0.179 e. The first-order valence-electron chi connectivity index (χ1n) is 7.27. The Balaban J connectivity index is 0.00000106. The number of H-pyrrole nitrogens is 1. The second kappa shape index (κ2) is 7.78. The van der Waals surface area contributed by atoms with Crippen LogP contribution in [0.1, 0.15) is 38.1 Å². The first-order valence-corrected chi connectivity index (χ1v) is 7.27. The van der Waals surface area contributed by atoms with Crippen LogP contribution in [-0.4, -0.2) is 47.4 Å². The number of nitrogens with one attached hydrogen (secondary N) is 1. The number of nitrogens with zero attached hydrogens (tertiary/aromatic N) is 2. The molecule has 116 valence electrons. The number of Topliss-reactive ketones (excluding diaryl/α,β-unsaturated/α-hetero) is 1. The lowest BCUT2D eigenvalue weighted by molar-refractivity contribution is 0.0931. The van der Waals surface area contributed by atoms with E-state index in [1.54, 1.807) is 19.5 Å². The van der Waals surface area contributed by atoms with E-state index < -0.39 is 0 Å². The summed E-state index contributed by atoms with van der Waals surface area (Å²) in [6.07, 6.45) is 3.35. The number of aromatic amines is 1. The Labute approximate surface area is 126 Å². The van der Waals surface area contributed by atoms with Crippen LogP contribution < -0.4 is 4.74 Å². The standard InChI is InChI=1S/C14H19N3O2.C2H6/c1-9(2)17(3)8-13(18)12-7-16-14-11(12)5-10(19-4)6-15-14;1-2/h5-7,9H,8H2,1-4H3,(H,15,16);1-2H3. The summed E-state index contributed by atoms with van der Waals surface area (Å²) in [5.74, 6) is 0.732. The van der Waals surface area contributed by atoms with Crippen LogP contribution in [0.3, 0.4) is 0 Å². The number of carbonyl (C=O) groups is 1. The molecule has 21 heavy (non-hydrogen) atoms. The molecule has 5 nitrogen and oxygen atoms in total. The van der Waals surface area contributed by atoms with Gasteiger partial charge >= 0.3 is 0 Å². The fourth-order valence-corrected chi connectivity index (χ4v) is 1.82. The molecule has 1 N–H and O–H groups in total. The monoisotopic (exact) mass is 291 g/mol. The van der Waals surface area contributed by atoms with Crippen molar-refractivity contribution in [3.63, 3.8) is 0 Å². The predicted molar refractivity (Wildman–Crippen MR) is 86.1 cm³/mol. The fraction of sp³-hybridized carbons (Fsp3) is 0.500. The Hall–Kier alpha value is -1.88. The molecular formula is C16H25N3O2. The van der Waals surface area contributed by atoms with Gasteiger partial charge < -0.3 is 9.72 Å². The Morgan fingerprint density at radius 1 is 1.43 bits per heavy atom. The van der Waals surface area contributed by atoms with E-state index in [9.17, 15) is 4.79 Å². The minimum absolute atomic E-state index is 0.0810. The van der Waals surface area contributed by atoms with Crippen molar-refractivity contribution in [3.8, 4) is 5.75 Å². The molecule has 0 fully saturated rings. The summed E-state index contributed by atoms with van der Waals surface area (Å²) in [5, 5.41) is 0.807. The van der Waals surface area contributed by atoms with Crippen molar-refractivity contribution in [3.05, 3.63) is 24.0 Å². The average Bonchev–Trinajstić information content (AvgIpc) is 2.91. The molecule has 0 aliphatic carbocycles. The topological polar surface area (TPSA) is 58.2 Å². The lowest BCUT2D eigenvalue weighted by atomic mass is 10.1. The Morgan fingerprint density at radius 3 is 2.67 bits per heavy atom. The SMILES string of the molecule is CC.COc1cnc2[nH]cc(C(=O)CN(C)C(C)C)c2c1. The molecule has 0 atom stereocenters. The summed E-state index contributed by atoms with van der Waals surface area (Å²) in [6, 6.07) is 2.17. The van der Waals surface area contributed by atoms with Crippen LogP contribution in [0.15, 0.2) is 18.5 Å². The molecule has 0 aliphatic heterocycles. The van der Waals surface area contributed by atoms with E-state index in [0.29, 0.717) is 29.5 Å². The number of hydrogen-bond donors (Lipinski definition) is 1. The number of ether oxygens (including phenoxy) is 1. The fourth-order valence-electron chi connectivity index (χ4n) is 1.82. The predicted octanol–water partition coefficient (Wildman–Crippen LogP) is 3.12. The van der Waals surface area contributed by atoms with Gasteiger partial charge in [-0.05, 0) is 27.0 Å². The van der Waals surface area contributed by atoms with Crippen molar-refractivity contribution in [2.45, 2.75) is 33.7 Å². The summed E-state index contributed by atoms with van der Waals surface area (Å²) < 4.78 is 5.15. The van der Waals surface area contributed by atoms with Crippen molar-refractivity contribution in [1.29, 1.82) is 0 Å². The van der Waals surface area contributed by atoms with Gasteiger partial charge in [0, 0.05) is 23.2 Å². The minimum Gasteiger partial charge on any atom is -0.495 e. The molecule has 5 heteroatoms. The molecular weight excluding hydrogens is 266 g/mol. The molecule has 0 saturated carbocycles. The van der Waals surface area contributed by atoms with Crippen molar-refractivity contribution < 1.29 is 9.53 Å². The normalized spacial score (nSPS) is 10.7. The summed E-state index contributed by atoms with van der Waals surface area (Å²) in [6.45, 7) is 8.52. The van der Waals surface area contributed by atoms with Gasteiger partial charge in [-0.3, -0.25) is 9.69 Å². The van der Waals surface area contributed by atoms with E-state index in [0.717, 1.165) is 5.39 Å². The van der Waals surface area contributed by atoms with Gasteiger partial charge in [0.15, 0.2) is 5.78 Å². The highest BCUT2D eigenvalue weighted by Gasteiger charge is 2.16. The largest absolute Gasteiger partial charge is 0.495 e. The summed E-state index contributed by atoms with van der Waals surface area (Å²) in [4.78, 5) is 21.6. The van der Waals surface area contributed by atoms with Crippen LogP contribution in [-0.2, 0) is 0 Å². The first kappa shape index (κ1) is 17.2. The van der Waals surface area contributed by atoms with Gasteiger partial charge in [-0.15, -0.1) is 0 Å². The molecule has 0 radical (unpaired) electrons. The summed E-state index contributed by atoms with van der Waals surface area (Å²) >= 11 is 0. The first-order chi connectivity index (χ1) is 10.0. The number of fused-ring (bicyclic) bond motifs is 1. The second-order valence-corrected chi connectivity index (χ2v) is 4.91. The lowest BCUT2D eigenvalue weighted by Gasteiger charge is -2.19. The van der Waals surface area contributed by atoms with Crippen molar-refractivity contribution in [2.24, 2.45) is 0 Å². The van der Waals surface area contributed by atoms with Crippen LogP contribution in [0, 0.1) is 0 Å². The van der Waals surface area contributed by atoms with Crippen LogP contribution in [0.4, 0.5) is 0 Å². The van der Waals surface area contributed by atoms with Gasteiger partial charge in [-0.25, -0.2) is 4.98 Å². The molecule has 0 amide bonds. The van der Waals surface area contributed by atoms with Crippen LogP contribution in [0.25, 0.3) is 11.0 Å². The van der Waals surface area contributed by atoms with Crippen molar-refractivity contribution in [2.75, 3.05) is 20.7 Å². The molecule has 0 aromatic carbocycles. The van der Waals surface area contributed by atoms with E-state index in [2.05, 4.69) is 23.8 Å². The van der Waals surface area contributed by atoms with Gasteiger partial charge in [0.05, 0.1) is 19.9 Å². The van der Waals surface area contributed by atoms with Gasteiger partial charge in [0.25, 0.3) is 0 Å². The summed E-state index contributed by atoms with van der Waals surface area (Å²) in [5.41, 5.74) is 1.37. The maximum absolute atomic E-state index is 12.3. The third kappa shape index (κ3) is 4.04. The molecule has 2 rings (SSSR count). The lowest BCUT2D eigenvalue weighted by Crippen LogP contribution is -2.31. The van der Waals surface area contributed by atoms with E-state index in [1.807, 2.05) is 31.9 Å². The average molecular weight is 291 g/mol. The Kier molecular flexibility index (Phi) is 6.37. The number of ketones is 1. The molecule has 0 unspecified atom stereocenters. The molecule has 2 heterocycles. The maximum atomic E-state index is 12.3. The number of hydrogen-bond acceptors (Lipinski definition) is 4. The van der Waals surface area contributed by atoms with Crippen LogP contribution >= 0.6 is 0 Å². The van der Waals surface area contributed by atoms with Crippen molar-refractivity contribution >= 4 is 16.8 Å². The molecule has 2 aromatic heterocycles. The highest BCUT2D eigenvalue weighted by molar-refractivity contribution is 6.08. The Morgan fingerprint density at radius 2 is 2.10 bits per heavy atom. The highest BCUT2D eigenvalue weighted by atomic mass is 16.5. The molecule has 0 aliphatic rings. The molecule has 0 bridgehead atoms. The number of pyridine rings is 1. The van der Waals surface area contributed by atoms with Gasteiger partial charge in [-0.2, -0.15) is 0 Å². The Bertz CT molecular complexity index is 590. The van der Waals surface area contributed by atoms with Crippen LogP contribution in [0.2, 0.25) is 0 Å². The van der Waals surface area contributed by atoms with Gasteiger partial charge in [0.2, 0.25) is 0 Å². The summed E-state index contributed by atoms with van der Waals surface area (Å²) in [7, 11) is 3.53. The van der Waals surface area contributed by atoms with Gasteiger partial charge in [0.1, 0.15) is 11.4 Å². The third-order valence-corrected chi connectivity index (χ3v) is 3.32. The molecule has 0 saturated heterocycles. The van der Waals surface area contributed by atoms with Gasteiger partial charge in [-0.1, -0.05) is 13.8 Å². The van der Waals surface area contributed by atoms with E-state index in [-0.39, 0.29) is 5.78 Å². The van der Waals surface area contributed by atoms with Crippen molar-refractivity contribution in [1.82, 2.24) is 14.9 Å². The van der Waals surface area contributed by atoms with E-state index in [1.165, 1.54) is 0 Å². The number of methoxy groups -OCH3 is 1.